The van der Waals surface area contributed by atoms with Gasteiger partial charge in [0.1, 0.15) is 5.75 Å². The summed E-state index contributed by atoms with van der Waals surface area (Å²) in [5.41, 5.74) is 2.32. The fourth-order valence-electron chi connectivity index (χ4n) is 3.82. The van der Waals surface area contributed by atoms with Crippen molar-refractivity contribution < 1.29 is 4.74 Å². The van der Waals surface area contributed by atoms with Crippen molar-refractivity contribution in [2.24, 2.45) is 0 Å². The lowest BCUT2D eigenvalue weighted by atomic mass is 10.0. The van der Waals surface area contributed by atoms with Crippen LogP contribution >= 0.6 is 0 Å². The molecule has 1 fully saturated rings. The molecule has 0 N–H and O–H groups in total. The number of para-hydroxylation sites is 1. The highest BCUT2D eigenvalue weighted by Gasteiger charge is 2.25. The number of nitrogens with zero attached hydrogens (tertiary/aromatic N) is 5. The van der Waals surface area contributed by atoms with E-state index < -0.39 is 0 Å². The summed E-state index contributed by atoms with van der Waals surface area (Å²) in [6, 6.07) is 18.9. The van der Waals surface area contributed by atoms with Gasteiger partial charge in [-0.1, -0.05) is 43.2 Å². The van der Waals surface area contributed by atoms with Gasteiger partial charge in [-0.25, -0.2) is 0 Å². The Morgan fingerprint density at radius 2 is 1.81 bits per heavy atom. The van der Waals surface area contributed by atoms with Crippen molar-refractivity contribution in [3.05, 3.63) is 66.0 Å². The van der Waals surface area contributed by atoms with Gasteiger partial charge in [0, 0.05) is 6.04 Å². The highest BCUT2D eigenvalue weighted by Crippen LogP contribution is 2.32. The number of likely N-dealkylation sites (tertiary alicyclic amines) is 1. The molecule has 0 aliphatic carbocycles. The first-order valence-corrected chi connectivity index (χ1v) is 9.56. The molecule has 0 spiro atoms. The molecular weight excluding hydrogens is 338 g/mol. The number of rotatable bonds is 5. The monoisotopic (exact) mass is 363 g/mol. The third-order valence-electron chi connectivity index (χ3n) is 5.24. The average molecular weight is 363 g/mol. The van der Waals surface area contributed by atoms with E-state index in [1.165, 1.54) is 24.8 Å². The van der Waals surface area contributed by atoms with Gasteiger partial charge in [-0.2, -0.15) is 4.68 Å². The van der Waals surface area contributed by atoms with Gasteiger partial charge in [0.05, 0.1) is 19.3 Å². The molecule has 1 aliphatic rings. The van der Waals surface area contributed by atoms with Gasteiger partial charge in [-0.3, -0.25) is 4.90 Å². The number of ether oxygens (including phenoxy) is 1. The third-order valence-corrected chi connectivity index (χ3v) is 5.24. The Labute approximate surface area is 159 Å². The van der Waals surface area contributed by atoms with Gasteiger partial charge in [0.25, 0.3) is 0 Å². The second-order valence-electron chi connectivity index (χ2n) is 6.95. The quantitative estimate of drug-likeness (QED) is 0.690. The molecule has 0 bridgehead atoms. The van der Waals surface area contributed by atoms with Crippen molar-refractivity contribution in [1.29, 1.82) is 0 Å². The van der Waals surface area contributed by atoms with Crippen LogP contribution in [0.25, 0.3) is 5.69 Å². The minimum atomic E-state index is 0.374. The SMILES string of the molecule is COc1ccc([C@H]2CCCCCN2Cc2nnnn2-c2ccccc2)cc1. The summed E-state index contributed by atoms with van der Waals surface area (Å²) in [5, 5.41) is 12.4. The largest absolute Gasteiger partial charge is 0.497 e. The molecule has 6 nitrogen and oxygen atoms in total. The molecule has 1 aliphatic heterocycles. The van der Waals surface area contributed by atoms with E-state index in [1.807, 2.05) is 47.1 Å². The van der Waals surface area contributed by atoms with E-state index in [2.05, 4.69) is 32.6 Å². The Kier molecular flexibility index (Phi) is 5.44. The summed E-state index contributed by atoms with van der Waals surface area (Å²) in [5.74, 6) is 1.77. The van der Waals surface area contributed by atoms with E-state index in [-0.39, 0.29) is 0 Å². The van der Waals surface area contributed by atoms with Gasteiger partial charge in [0.15, 0.2) is 5.82 Å². The normalized spacial score (nSPS) is 18.2. The average Bonchev–Trinajstić information content (AvgIpc) is 3.06. The zero-order valence-electron chi connectivity index (χ0n) is 15.7. The summed E-state index contributed by atoms with van der Waals surface area (Å²) < 4.78 is 7.16. The number of aromatic nitrogens is 4. The highest BCUT2D eigenvalue weighted by molar-refractivity contribution is 5.31. The van der Waals surface area contributed by atoms with Crippen molar-refractivity contribution >= 4 is 0 Å². The summed E-state index contributed by atoms with van der Waals surface area (Å²) in [6.45, 7) is 1.79. The molecule has 1 saturated heterocycles. The molecule has 2 aromatic carbocycles. The second-order valence-corrected chi connectivity index (χ2v) is 6.95. The predicted octanol–water partition coefficient (Wildman–Crippen LogP) is 3.79. The van der Waals surface area contributed by atoms with Gasteiger partial charge < -0.3 is 4.74 Å². The number of hydrogen-bond acceptors (Lipinski definition) is 5. The molecule has 1 aromatic heterocycles. The Bertz CT molecular complexity index is 847. The van der Waals surface area contributed by atoms with Crippen LogP contribution in [0.2, 0.25) is 0 Å². The van der Waals surface area contributed by atoms with Crippen LogP contribution in [0.15, 0.2) is 54.6 Å². The van der Waals surface area contributed by atoms with Crippen LogP contribution in [-0.4, -0.2) is 38.8 Å². The van der Waals surface area contributed by atoms with Crippen molar-refractivity contribution in [1.82, 2.24) is 25.1 Å². The van der Waals surface area contributed by atoms with Crippen LogP contribution in [0.4, 0.5) is 0 Å². The van der Waals surface area contributed by atoms with Crippen LogP contribution in [0.3, 0.4) is 0 Å². The smallest absolute Gasteiger partial charge is 0.170 e. The third kappa shape index (κ3) is 4.01. The predicted molar refractivity (Wildman–Crippen MR) is 104 cm³/mol. The maximum atomic E-state index is 5.31. The molecule has 1 atom stereocenters. The summed E-state index contributed by atoms with van der Waals surface area (Å²) in [4.78, 5) is 2.51. The molecule has 0 radical (unpaired) electrons. The van der Waals surface area contributed by atoms with E-state index in [4.69, 9.17) is 4.74 Å². The van der Waals surface area contributed by atoms with E-state index in [1.54, 1.807) is 7.11 Å². The minimum absolute atomic E-state index is 0.374. The Balaban J connectivity index is 1.59. The number of hydrogen-bond donors (Lipinski definition) is 0. The first-order valence-electron chi connectivity index (χ1n) is 9.56. The molecule has 4 rings (SSSR count). The van der Waals surface area contributed by atoms with Crippen molar-refractivity contribution in [3.63, 3.8) is 0 Å². The highest BCUT2D eigenvalue weighted by atomic mass is 16.5. The molecule has 2 heterocycles. The standard InChI is InChI=1S/C21H25N5O/c1-27-19-13-11-17(12-14-19)20-10-6-3-7-15-25(20)16-21-22-23-24-26(21)18-8-4-2-5-9-18/h2,4-5,8-9,11-14,20H,3,6-7,10,15-16H2,1H3/t20-/m1/s1. The zero-order valence-corrected chi connectivity index (χ0v) is 15.7. The van der Waals surface area contributed by atoms with Crippen LogP contribution in [-0.2, 0) is 6.54 Å². The number of tetrazole rings is 1. The van der Waals surface area contributed by atoms with Gasteiger partial charge in [-0.15, -0.1) is 5.10 Å². The van der Waals surface area contributed by atoms with Crippen molar-refractivity contribution in [2.45, 2.75) is 38.3 Å². The maximum Gasteiger partial charge on any atom is 0.170 e. The Morgan fingerprint density at radius 1 is 1.00 bits per heavy atom. The molecule has 140 valence electrons. The molecular formula is C21H25N5O. The van der Waals surface area contributed by atoms with E-state index in [9.17, 15) is 0 Å². The number of methoxy groups -OCH3 is 1. The minimum Gasteiger partial charge on any atom is -0.497 e. The molecule has 0 unspecified atom stereocenters. The van der Waals surface area contributed by atoms with Crippen molar-refractivity contribution in [2.75, 3.05) is 13.7 Å². The summed E-state index contributed by atoms with van der Waals surface area (Å²) >= 11 is 0. The number of benzene rings is 2. The molecule has 27 heavy (non-hydrogen) atoms. The maximum absolute atomic E-state index is 5.31. The lowest BCUT2D eigenvalue weighted by molar-refractivity contribution is 0.186. The molecule has 0 amide bonds. The van der Waals surface area contributed by atoms with Crippen LogP contribution in [0, 0.1) is 0 Å². The van der Waals surface area contributed by atoms with Gasteiger partial charge in [0.2, 0.25) is 0 Å². The fourth-order valence-corrected chi connectivity index (χ4v) is 3.82. The molecule has 6 heteroatoms. The summed E-state index contributed by atoms with van der Waals surface area (Å²) in [6.07, 6.45) is 4.88. The molecule has 3 aromatic rings. The van der Waals surface area contributed by atoms with E-state index in [0.717, 1.165) is 36.8 Å². The van der Waals surface area contributed by atoms with Crippen LogP contribution in [0.1, 0.15) is 43.1 Å². The van der Waals surface area contributed by atoms with Gasteiger partial charge >= 0.3 is 0 Å². The summed E-state index contributed by atoms with van der Waals surface area (Å²) in [7, 11) is 1.70. The van der Waals surface area contributed by atoms with Crippen LogP contribution in [0.5, 0.6) is 5.75 Å². The lowest BCUT2D eigenvalue weighted by Crippen LogP contribution is -2.29. The van der Waals surface area contributed by atoms with Gasteiger partial charge in [-0.05, 0) is 59.6 Å². The Morgan fingerprint density at radius 3 is 2.59 bits per heavy atom. The zero-order chi connectivity index (χ0) is 18.5. The van der Waals surface area contributed by atoms with Crippen molar-refractivity contribution in [3.8, 4) is 11.4 Å². The topological polar surface area (TPSA) is 56.1 Å². The Hall–Kier alpha value is -2.73. The van der Waals surface area contributed by atoms with E-state index in [0.29, 0.717) is 6.04 Å². The second kappa shape index (κ2) is 8.31. The molecule has 0 saturated carbocycles. The first-order chi connectivity index (χ1) is 13.3. The lowest BCUT2D eigenvalue weighted by Gasteiger charge is -2.29. The fraction of sp³-hybridized carbons (Fsp3) is 0.381. The van der Waals surface area contributed by atoms with E-state index >= 15 is 0 Å². The first kappa shape index (κ1) is 17.7. The van der Waals surface area contributed by atoms with Crippen LogP contribution < -0.4 is 4.74 Å².